The Balaban J connectivity index is 1.47. The fourth-order valence-electron chi connectivity index (χ4n) is 4.67. The summed E-state index contributed by atoms with van der Waals surface area (Å²) < 4.78 is 2.15. The predicted octanol–water partition coefficient (Wildman–Crippen LogP) is 4.50. The average molecular weight is 447 g/mol. The number of benzene rings is 2. The summed E-state index contributed by atoms with van der Waals surface area (Å²) in [7, 11) is 0. The number of carbonyl (C=O) groups excluding carboxylic acids is 2. The van der Waals surface area contributed by atoms with Gasteiger partial charge < -0.3 is 10.2 Å². The van der Waals surface area contributed by atoms with E-state index in [1.807, 2.05) is 41.3 Å². The molecule has 174 valence electrons. The Hall–Kier alpha value is -3.15. The molecule has 0 radical (unpaired) electrons. The van der Waals surface area contributed by atoms with Crippen LogP contribution in [0.2, 0.25) is 0 Å². The summed E-state index contributed by atoms with van der Waals surface area (Å²) in [4.78, 5) is 32.5. The molecule has 0 saturated carbocycles. The lowest BCUT2D eigenvalue weighted by Crippen LogP contribution is -2.49. The van der Waals surface area contributed by atoms with Crippen LogP contribution in [0.5, 0.6) is 0 Å². The normalized spacial score (nSPS) is 18.4. The lowest BCUT2D eigenvalue weighted by Gasteiger charge is -2.37. The molecule has 2 amide bonds. The molecule has 0 bridgehead atoms. The molecule has 2 unspecified atom stereocenters. The Morgan fingerprint density at radius 2 is 1.82 bits per heavy atom. The Bertz CT molecular complexity index is 1090. The molecule has 3 aromatic rings. The number of piperidine rings is 1. The quantitative estimate of drug-likeness (QED) is 0.518. The molecule has 1 fully saturated rings. The SMILES string of the molecule is CCCCNC(=O)C1CCC(C)N(C(=O)CCc2nc3ccccc3n2-c2ccccc2)C1. The van der Waals surface area contributed by atoms with Crippen LogP contribution in [-0.2, 0) is 16.0 Å². The van der Waals surface area contributed by atoms with Gasteiger partial charge in [0.1, 0.15) is 5.82 Å². The number of para-hydroxylation sites is 3. The van der Waals surface area contributed by atoms with Crippen LogP contribution in [0.1, 0.15) is 51.8 Å². The van der Waals surface area contributed by atoms with Gasteiger partial charge in [-0.15, -0.1) is 0 Å². The largest absolute Gasteiger partial charge is 0.356 e. The highest BCUT2D eigenvalue weighted by Gasteiger charge is 2.32. The van der Waals surface area contributed by atoms with Gasteiger partial charge in [-0.25, -0.2) is 4.98 Å². The summed E-state index contributed by atoms with van der Waals surface area (Å²) in [5.74, 6) is 0.949. The summed E-state index contributed by atoms with van der Waals surface area (Å²) in [6.07, 6.45) is 4.68. The van der Waals surface area contributed by atoms with Gasteiger partial charge in [-0.05, 0) is 50.5 Å². The van der Waals surface area contributed by atoms with Gasteiger partial charge in [0.05, 0.1) is 17.0 Å². The molecule has 6 heteroatoms. The number of hydrogen-bond donors (Lipinski definition) is 1. The van der Waals surface area contributed by atoms with E-state index in [1.54, 1.807) is 0 Å². The maximum absolute atomic E-state index is 13.2. The van der Waals surface area contributed by atoms with Gasteiger partial charge >= 0.3 is 0 Å². The maximum Gasteiger partial charge on any atom is 0.224 e. The van der Waals surface area contributed by atoms with E-state index in [-0.39, 0.29) is 23.8 Å². The van der Waals surface area contributed by atoms with Crippen molar-refractivity contribution in [3.05, 3.63) is 60.4 Å². The Kier molecular flexibility index (Phi) is 7.43. The topological polar surface area (TPSA) is 67.2 Å². The van der Waals surface area contributed by atoms with E-state index < -0.39 is 0 Å². The third kappa shape index (κ3) is 5.27. The lowest BCUT2D eigenvalue weighted by molar-refractivity contribution is -0.138. The van der Waals surface area contributed by atoms with Gasteiger partial charge in [-0.2, -0.15) is 0 Å². The molecular formula is C27H34N4O2. The van der Waals surface area contributed by atoms with Gasteiger partial charge in [-0.1, -0.05) is 43.7 Å². The summed E-state index contributed by atoms with van der Waals surface area (Å²) in [5.41, 5.74) is 3.02. The number of hydrogen-bond acceptors (Lipinski definition) is 3. The molecule has 1 saturated heterocycles. The number of nitrogens with one attached hydrogen (secondary N) is 1. The summed E-state index contributed by atoms with van der Waals surface area (Å²) in [6, 6.07) is 18.4. The first-order chi connectivity index (χ1) is 16.1. The first kappa shape index (κ1) is 23.0. The molecular weight excluding hydrogens is 412 g/mol. The minimum atomic E-state index is -0.115. The number of fused-ring (bicyclic) bond motifs is 1. The fourth-order valence-corrected chi connectivity index (χ4v) is 4.67. The number of imidazole rings is 1. The third-order valence-corrected chi connectivity index (χ3v) is 6.61. The van der Waals surface area contributed by atoms with Crippen molar-refractivity contribution in [1.82, 2.24) is 19.8 Å². The first-order valence-corrected chi connectivity index (χ1v) is 12.2. The lowest BCUT2D eigenvalue weighted by atomic mass is 9.92. The minimum Gasteiger partial charge on any atom is -0.356 e. The zero-order chi connectivity index (χ0) is 23.2. The molecule has 2 aromatic carbocycles. The van der Waals surface area contributed by atoms with Gasteiger partial charge in [-0.3, -0.25) is 14.2 Å². The number of likely N-dealkylation sites (tertiary alicyclic amines) is 1. The summed E-state index contributed by atoms with van der Waals surface area (Å²) in [6.45, 7) is 5.42. The van der Waals surface area contributed by atoms with Crippen LogP contribution < -0.4 is 5.32 Å². The van der Waals surface area contributed by atoms with Crippen LogP contribution in [0.15, 0.2) is 54.6 Å². The number of rotatable bonds is 8. The molecule has 1 N–H and O–H groups in total. The smallest absolute Gasteiger partial charge is 0.224 e. The van der Waals surface area contributed by atoms with Crippen molar-refractivity contribution in [2.75, 3.05) is 13.1 Å². The number of aromatic nitrogens is 2. The van der Waals surface area contributed by atoms with E-state index in [0.717, 1.165) is 48.2 Å². The zero-order valence-electron chi connectivity index (χ0n) is 19.7. The second-order valence-electron chi connectivity index (χ2n) is 9.00. The fraction of sp³-hybridized carbons (Fsp3) is 0.444. The highest BCUT2D eigenvalue weighted by atomic mass is 16.2. The standard InChI is InChI=1S/C27H34N4O2/c1-3-4-18-28-27(33)21-15-14-20(2)30(19-21)26(32)17-16-25-29-23-12-8-9-13-24(23)31(25)22-10-6-5-7-11-22/h5-13,20-21H,3-4,14-19H2,1-2H3,(H,28,33). The molecule has 0 aliphatic carbocycles. The van der Waals surface area contributed by atoms with Gasteiger partial charge in [0.25, 0.3) is 0 Å². The molecule has 1 aliphatic rings. The van der Waals surface area contributed by atoms with Crippen LogP contribution in [0.25, 0.3) is 16.7 Å². The van der Waals surface area contributed by atoms with E-state index in [1.165, 1.54) is 0 Å². The minimum absolute atomic E-state index is 0.0824. The molecule has 33 heavy (non-hydrogen) atoms. The summed E-state index contributed by atoms with van der Waals surface area (Å²) >= 11 is 0. The van der Waals surface area contributed by atoms with Gasteiger partial charge in [0.2, 0.25) is 11.8 Å². The number of amides is 2. The zero-order valence-corrected chi connectivity index (χ0v) is 19.7. The highest BCUT2D eigenvalue weighted by Crippen LogP contribution is 2.25. The van der Waals surface area contributed by atoms with Crippen LogP contribution in [0.4, 0.5) is 0 Å². The van der Waals surface area contributed by atoms with E-state index in [4.69, 9.17) is 4.98 Å². The van der Waals surface area contributed by atoms with Crippen molar-refractivity contribution in [1.29, 1.82) is 0 Å². The number of carbonyl (C=O) groups is 2. The van der Waals surface area contributed by atoms with Gasteiger partial charge in [0.15, 0.2) is 0 Å². The second kappa shape index (κ2) is 10.6. The molecule has 4 rings (SSSR count). The Morgan fingerprint density at radius 1 is 1.06 bits per heavy atom. The van der Waals surface area contributed by atoms with E-state index in [9.17, 15) is 9.59 Å². The Morgan fingerprint density at radius 3 is 2.61 bits per heavy atom. The molecule has 1 aliphatic heterocycles. The average Bonchev–Trinajstić information content (AvgIpc) is 3.22. The van der Waals surface area contributed by atoms with Crippen LogP contribution in [-0.4, -0.2) is 45.4 Å². The monoisotopic (exact) mass is 446 g/mol. The molecule has 2 heterocycles. The van der Waals surface area contributed by atoms with Crippen molar-refractivity contribution < 1.29 is 9.59 Å². The number of nitrogens with zero attached hydrogens (tertiary/aromatic N) is 3. The van der Waals surface area contributed by atoms with Crippen LogP contribution in [0.3, 0.4) is 0 Å². The first-order valence-electron chi connectivity index (χ1n) is 12.2. The van der Waals surface area contributed by atoms with Gasteiger partial charge in [0, 0.05) is 37.7 Å². The second-order valence-corrected chi connectivity index (χ2v) is 9.00. The molecule has 2 atom stereocenters. The highest BCUT2D eigenvalue weighted by molar-refractivity contribution is 5.82. The number of aryl methyl sites for hydroxylation is 1. The molecule has 1 aromatic heterocycles. The van der Waals surface area contributed by atoms with E-state index in [0.29, 0.717) is 25.9 Å². The van der Waals surface area contributed by atoms with E-state index >= 15 is 0 Å². The van der Waals surface area contributed by atoms with Crippen molar-refractivity contribution >= 4 is 22.8 Å². The molecule has 6 nitrogen and oxygen atoms in total. The van der Waals surface area contributed by atoms with Crippen LogP contribution in [0, 0.1) is 5.92 Å². The summed E-state index contributed by atoms with van der Waals surface area (Å²) in [5, 5.41) is 3.04. The van der Waals surface area contributed by atoms with Crippen molar-refractivity contribution in [3.63, 3.8) is 0 Å². The number of unbranched alkanes of at least 4 members (excludes halogenated alkanes) is 1. The van der Waals surface area contributed by atoms with Crippen molar-refractivity contribution in [3.8, 4) is 5.69 Å². The maximum atomic E-state index is 13.2. The van der Waals surface area contributed by atoms with E-state index in [2.05, 4.69) is 41.9 Å². The predicted molar refractivity (Wildman–Crippen MR) is 131 cm³/mol. The third-order valence-electron chi connectivity index (χ3n) is 6.61. The Labute approximate surface area is 196 Å². The van der Waals surface area contributed by atoms with Crippen LogP contribution >= 0.6 is 0 Å². The van der Waals surface area contributed by atoms with Crippen molar-refractivity contribution in [2.45, 2.75) is 58.4 Å². The van der Waals surface area contributed by atoms with Crippen molar-refractivity contribution in [2.24, 2.45) is 5.92 Å². The molecule has 0 spiro atoms.